The predicted molar refractivity (Wildman–Crippen MR) is 98.9 cm³/mol. The van der Waals surface area contributed by atoms with Gasteiger partial charge in [0.2, 0.25) is 0 Å². The first kappa shape index (κ1) is 18.7. The molecule has 2 amide bonds. The van der Waals surface area contributed by atoms with E-state index in [-0.39, 0.29) is 11.7 Å². The molecule has 0 aliphatic carbocycles. The maximum absolute atomic E-state index is 12.8. The van der Waals surface area contributed by atoms with Crippen molar-refractivity contribution in [1.82, 2.24) is 4.90 Å². The van der Waals surface area contributed by atoms with Gasteiger partial charge in [-0.25, -0.2) is 4.79 Å². The highest BCUT2D eigenvalue weighted by Gasteiger charge is 2.32. The van der Waals surface area contributed by atoms with E-state index in [0.717, 1.165) is 18.4 Å². The van der Waals surface area contributed by atoms with E-state index >= 15 is 0 Å². The van der Waals surface area contributed by atoms with Crippen LogP contribution >= 0.6 is 0 Å². The van der Waals surface area contributed by atoms with Gasteiger partial charge in [-0.3, -0.25) is 9.59 Å². The van der Waals surface area contributed by atoms with Crippen LogP contribution in [0.3, 0.4) is 0 Å². The smallest absolute Gasteiger partial charge is 0.326 e. The SMILES string of the molecule is Cc1cc(C)c(C(=O)Nc2cccc(C(=O)N3CCCCC3C(=O)O)c2)o1. The fourth-order valence-electron chi connectivity index (χ4n) is 3.38. The fraction of sp³-hybridized carbons (Fsp3) is 0.350. The second kappa shape index (κ2) is 7.65. The van der Waals surface area contributed by atoms with Crippen LogP contribution in [0.15, 0.2) is 34.7 Å². The maximum atomic E-state index is 12.8. The van der Waals surface area contributed by atoms with E-state index in [1.807, 2.05) is 0 Å². The second-order valence-electron chi connectivity index (χ2n) is 6.75. The molecule has 2 N–H and O–H groups in total. The molecule has 0 spiro atoms. The molecule has 2 aromatic rings. The second-order valence-corrected chi connectivity index (χ2v) is 6.75. The molecule has 0 radical (unpaired) electrons. The number of amides is 2. The molecule has 2 heterocycles. The van der Waals surface area contributed by atoms with Crippen LogP contribution in [0.1, 0.15) is 51.5 Å². The summed E-state index contributed by atoms with van der Waals surface area (Å²) in [5.41, 5.74) is 1.52. The molecule has 1 fully saturated rings. The zero-order valence-corrected chi connectivity index (χ0v) is 15.3. The third-order valence-electron chi connectivity index (χ3n) is 4.66. The van der Waals surface area contributed by atoms with Crippen molar-refractivity contribution in [2.75, 3.05) is 11.9 Å². The minimum absolute atomic E-state index is 0.228. The Morgan fingerprint density at radius 1 is 1.19 bits per heavy atom. The van der Waals surface area contributed by atoms with Gasteiger partial charge in [-0.05, 0) is 57.4 Å². The molecule has 1 saturated heterocycles. The van der Waals surface area contributed by atoms with Crippen molar-refractivity contribution in [1.29, 1.82) is 0 Å². The van der Waals surface area contributed by atoms with Gasteiger partial charge in [0, 0.05) is 23.4 Å². The molecule has 1 aliphatic rings. The van der Waals surface area contributed by atoms with Crippen LogP contribution < -0.4 is 5.32 Å². The molecule has 27 heavy (non-hydrogen) atoms. The number of aliphatic carboxylic acids is 1. The molecule has 7 nitrogen and oxygen atoms in total. The fourth-order valence-corrected chi connectivity index (χ4v) is 3.38. The third kappa shape index (κ3) is 4.02. The predicted octanol–water partition coefficient (Wildman–Crippen LogP) is 3.23. The summed E-state index contributed by atoms with van der Waals surface area (Å²) in [5, 5.41) is 12.1. The lowest BCUT2D eigenvalue weighted by molar-refractivity contribution is -0.143. The Kier molecular flexibility index (Phi) is 5.30. The highest BCUT2D eigenvalue weighted by molar-refractivity contribution is 6.04. The van der Waals surface area contributed by atoms with Gasteiger partial charge in [-0.1, -0.05) is 6.07 Å². The third-order valence-corrected chi connectivity index (χ3v) is 4.66. The Morgan fingerprint density at radius 2 is 1.96 bits per heavy atom. The molecular formula is C20H22N2O5. The number of piperidine rings is 1. The maximum Gasteiger partial charge on any atom is 0.326 e. The van der Waals surface area contributed by atoms with Crippen molar-refractivity contribution in [3.8, 4) is 0 Å². The normalized spacial score (nSPS) is 16.8. The van der Waals surface area contributed by atoms with E-state index in [1.165, 1.54) is 4.90 Å². The van der Waals surface area contributed by atoms with Crippen LogP contribution in [-0.2, 0) is 4.79 Å². The Labute approximate surface area is 157 Å². The van der Waals surface area contributed by atoms with Crippen LogP contribution in [0.2, 0.25) is 0 Å². The Bertz CT molecular complexity index is 886. The number of nitrogens with zero attached hydrogens (tertiary/aromatic N) is 1. The van der Waals surface area contributed by atoms with E-state index in [9.17, 15) is 19.5 Å². The monoisotopic (exact) mass is 370 g/mol. The molecule has 1 aliphatic heterocycles. The van der Waals surface area contributed by atoms with Gasteiger partial charge in [-0.2, -0.15) is 0 Å². The van der Waals surface area contributed by atoms with E-state index < -0.39 is 17.9 Å². The minimum Gasteiger partial charge on any atom is -0.480 e. The lowest BCUT2D eigenvalue weighted by Gasteiger charge is -2.33. The molecule has 1 aromatic heterocycles. The number of benzene rings is 1. The zero-order chi connectivity index (χ0) is 19.6. The molecule has 0 bridgehead atoms. The molecule has 7 heteroatoms. The Morgan fingerprint density at radius 3 is 2.63 bits per heavy atom. The lowest BCUT2D eigenvalue weighted by Crippen LogP contribution is -2.48. The van der Waals surface area contributed by atoms with Crippen molar-refractivity contribution in [2.24, 2.45) is 0 Å². The summed E-state index contributed by atoms with van der Waals surface area (Å²) in [6.45, 7) is 3.96. The summed E-state index contributed by atoms with van der Waals surface area (Å²) in [6, 6.07) is 7.47. The van der Waals surface area contributed by atoms with Gasteiger partial charge in [-0.15, -0.1) is 0 Å². The highest BCUT2D eigenvalue weighted by Crippen LogP contribution is 2.22. The van der Waals surface area contributed by atoms with Crippen LogP contribution in [0.25, 0.3) is 0 Å². The average Bonchev–Trinajstić information content (AvgIpc) is 2.99. The number of likely N-dealkylation sites (tertiary alicyclic amines) is 1. The summed E-state index contributed by atoms with van der Waals surface area (Å²) in [6.07, 6.45) is 2.02. The van der Waals surface area contributed by atoms with E-state index in [1.54, 1.807) is 44.2 Å². The number of furan rings is 1. The molecule has 3 rings (SSSR count). The first-order chi connectivity index (χ1) is 12.9. The number of hydrogen-bond donors (Lipinski definition) is 2. The average molecular weight is 370 g/mol. The number of carbonyl (C=O) groups excluding carboxylic acids is 2. The van der Waals surface area contributed by atoms with Crippen molar-refractivity contribution in [3.05, 3.63) is 53.0 Å². The lowest BCUT2D eigenvalue weighted by atomic mass is 10.0. The quantitative estimate of drug-likeness (QED) is 0.861. The molecule has 1 unspecified atom stereocenters. The van der Waals surface area contributed by atoms with Gasteiger partial charge in [0.15, 0.2) is 5.76 Å². The zero-order valence-electron chi connectivity index (χ0n) is 15.3. The largest absolute Gasteiger partial charge is 0.480 e. The minimum atomic E-state index is -0.990. The molecule has 142 valence electrons. The molecule has 1 aromatic carbocycles. The summed E-state index contributed by atoms with van der Waals surface area (Å²) in [5.74, 6) is -0.858. The number of carboxylic acids is 1. The summed E-state index contributed by atoms with van der Waals surface area (Å²) >= 11 is 0. The molecule has 0 saturated carbocycles. The van der Waals surface area contributed by atoms with Gasteiger partial charge >= 0.3 is 5.97 Å². The van der Waals surface area contributed by atoms with Gasteiger partial charge in [0.05, 0.1) is 0 Å². The Hall–Kier alpha value is -3.09. The topological polar surface area (TPSA) is 99.9 Å². The van der Waals surface area contributed by atoms with Gasteiger partial charge in [0.1, 0.15) is 11.8 Å². The van der Waals surface area contributed by atoms with Gasteiger partial charge in [0.25, 0.3) is 11.8 Å². The highest BCUT2D eigenvalue weighted by atomic mass is 16.4. The molecular weight excluding hydrogens is 348 g/mol. The number of anilines is 1. The van der Waals surface area contributed by atoms with Gasteiger partial charge < -0.3 is 19.7 Å². The van der Waals surface area contributed by atoms with Crippen molar-refractivity contribution in [3.63, 3.8) is 0 Å². The summed E-state index contributed by atoms with van der Waals surface area (Å²) in [7, 11) is 0. The van der Waals surface area contributed by atoms with Crippen LogP contribution in [0.4, 0.5) is 5.69 Å². The van der Waals surface area contributed by atoms with E-state index in [4.69, 9.17) is 4.42 Å². The van der Waals surface area contributed by atoms with Crippen molar-refractivity contribution >= 4 is 23.5 Å². The Balaban J connectivity index is 1.78. The van der Waals surface area contributed by atoms with Crippen LogP contribution in [-0.4, -0.2) is 40.4 Å². The molecule has 1 atom stereocenters. The van der Waals surface area contributed by atoms with E-state index in [0.29, 0.717) is 30.0 Å². The summed E-state index contributed by atoms with van der Waals surface area (Å²) < 4.78 is 5.41. The number of carbonyl (C=O) groups is 3. The number of aryl methyl sites for hydroxylation is 2. The summed E-state index contributed by atoms with van der Waals surface area (Å²) in [4.78, 5) is 38.0. The first-order valence-electron chi connectivity index (χ1n) is 8.89. The van der Waals surface area contributed by atoms with E-state index in [2.05, 4.69) is 5.32 Å². The van der Waals surface area contributed by atoms with Crippen LogP contribution in [0, 0.1) is 13.8 Å². The van der Waals surface area contributed by atoms with Crippen LogP contribution in [0.5, 0.6) is 0 Å². The number of hydrogen-bond acceptors (Lipinski definition) is 4. The first-order valence-corrected chi connectivity index (χ1v) is 8.89. The standard InChI is InChI=1S/C20H22N2O5/c1-12-10-13(2)27-17(12)18(23)21-15-7-5-6-14(11-15)19(24)22-9-4-3-8-16(22)20(25)26/h5-7,10-11,16H,3-4,8-9H2,1-2H3,(H,21,23)(H,25,26). The van der Waals surface area contributed by atoms with Crippen molar-refractivity contribution < 1.29 is 23.9 Å². The van der Waals surface area contributed by atoms with Crippen molar-refractivity contribution in [2.45, 2.75) is 39.2 Å². The number of rotatable bonds is 4. The number of nitrogens with one attached hydrogen (secondary N) is 1. The number of carboxylic acid groups (broad SMARTS) is 1.